The number of methoxy groups -OCH3 is 1. The number of morpholine rings is 1. The Labute approximate surface area is 166 Å². The number of nitrogens with zero attached hydrogens (tertiary/aromatic N) is 2. The maximum atomic E-state index is 13.1. The second kappa shape index (κ2) is 9.06. The first kappa shape index (κ1) is 20.1. The first-order valence-corrected chi connectivity index (χ1v) is 9.84. The van der Waals surface area contributed by atoms with Gasteiger partial charge in [-0.2, -0.15) is 0 Å². The van der Waals surface area contributed by atoms with Crippen LogP contribution in [0.25, 0.3) is 0 Å². The second-order valence-electron chi connectivity index (χ2n) is 7.10. The third-order valence-corrected chi connectivity index (χ3v) is 5.58. The molecule has 0 saturated carbocycles. The molecular formula is C22H29N3O3. The number of benzene rings is 1. The summed E-state index contributed by atoms with van der Waals surface area (Å²) >= 11 is 0. The Hall–Kier alpha value is -2.60. The molecule has 1 aliphatic rings. The van der Waals surface area contributed by atoms with E-state index in [1.165, 1.54) is 0 Å². The Kier molecular flexibility index (Phi) is 6.52. The number of nitrogens with one attached hydrogen (secondary N) is 1. The molecule has 1 fully saturated rings. The molecular weight excluding hydrogens is 354 g/mol. The number of rotatable bonds is 6. The average molecular weight is 383 g/mol. The van der Waals surface area contributed by atoms with E-state index >= 15 is 0 Å². The molecule has 1 atom stereocenters. The van der Waals surface area contributed by atoms with E-state index in [4.69, 9.17) is 9.47 Å². The molecule has 1 saturated heterocycles. The van der Waals surface area contributed by atoms with Crippen LogP contribution in [0.3, 0.4) is 0 Å². The standard InChI is InChI=1S/C22H29N3O3/c1-4-22(5-2)16-25(14-15-28-22)21(26)24-20(18-10-12-23-13-11-18)17-6-8-19(27-3)9-7-17/h6-13,20H,4-5,14-16H2,1-3H3,(H,24,26)/t20-/m1/s1. The highest BCUT2D eigenvalue weighted by molar-refractivity contribution is 5.75. The van der Waals surface area contributed by atoms with Crippen molar-refractivity contribution >= 4 is 6.03 Å². The number of pyridine rings is 1. The Morgan fingerprint density at radius 1 is 1.18 bits per heavy atom. The molecule has 2 amide bonds. The number of amides is 2. The summed E-state index contributed by atoms with van der Waals surface area (Å²) in [5, 5.41) is 3.21. The van der Waals surface area contributed by atoms with Gasteiger partial charge in [0.1, 0.15) is 5.75 Å². The molecule has 3 rings (SSSR count). The van der Waals surface area contributed by atoms with Crippen molar-refractivity contribution in [2.45, 2.75) is 38.3 Å². The second-order valence-corrected chi connectivity index (χ2v) is 7.10. The van der Waals surface area contributed by atoms with Crippen molar-refractivity contribution in [2.24, 2.45) is 0 Å². The summed E-state index contributed by atoms with van der Waals surface area (Å²) in [6.07, 6.45) is 5.26. The number of carbonyl (C=O) groups is 1. The van der Waals surface area contributed by atoms with Crippen LogP contribution < -0.4 is 10.1 Å². The van der Waals surface area contributed by atoms with E-state index in [0.717, 1.165) is 29.7 Å². The van der Waals surface area contributed by atoms with E-state index in [-0.39, 0.29) is 17.7 Å². The Balaban J connectivity index is 1.82. The van der Waals surface area contributed by atoms with Crippen LogP contribution >= 0.6 is 0 Å². The smallest absolute Gasteiger partial charge is 0.318 e. The van der Waals surface area contributed by atoms with Gasteiger partial charge in [-0.3, -0.25) is 4.98 Å². The molecule has 150 valence electrons. The third kappa shape index (κ3) is 4.44. The van der Waals surface area contributed by atoms with Gasteiger partial charge in [0.05, 0.1) is 31.9 Å². The summed E-state index contributed by atoms with van der Waals surface area (Å²) in [6.45, 7) is 6.00. The summed E-state index contributed by atoms with van der Waals surface area (Å²) in [6, 6.07) is 11.3. The number of hydrogen-bond donors (Lipinski definition) is 1. The van der Waals surface area contributed by atoms with Crippen molar-refractivity contribution in [3.8, 4) is 5.75 Å². The fourth-order valence-corrected chi connectivity index (χ4v) is 3.62. The van der Waals surface area contributed by atoms with Gasteiger partial charge in [0.25, 0.3) is 0 Å². The lowest BCUT2D eigenvalue weighted by Gasteiger charge is -2.42. The normalized spacial score (nSPS) is 17.0. The van der Waals surface area contributed by atoms with Gasteiger partial charge in [0.15, 0.2) is 0 Å². The Bertz CT molecular complexity index is 760. The van der Waals surface area contributed by atoms with Crippen LogP contribution in [0.2, 0.25) is 0 Å². The molecule has 6 heteroatoms. The van der Waals surface area contributed by atoms with Crippen LogP contribution in [0.5, 0.6) is 5.75 Å². The number of carbonyl (C=O) groups excluding carboxylic acids is 1. The molecule has 2 aromatic rings. The topological polar surface area (TPSA) is 63.7 Å². The van der Waals surface area contributed by atoms with E-state index in [2.05, 4.69) is 24.1 Å². The van der Waals surface area contributed by atoms with Crippen molar-refractivity contribution < 1.29 is 14.3 Å². The molecule has 1 aromatic heterocycles. The van der Waals surface area contributed by atoms with Crippen molar-refractivity contribution in [3.05, 3.63) is 59.9 Å². The lowest BCUT2D eigenvalue weighted by molar-refractivity contribution is -0.101. The zero-order chi connectivity index (χ0) is 20.0. The third-order valence-electron chi connectivity index (χ3n) is 5.58. The van der Waals surface area contributed by atoms with Crippen molar-refractivity contribution in [2.75, 3.05) is 26.8 Å². The molecule has 0 bridgehead atoms. The molecule has 1 aromatic carbocycles. The predicted molar refractivity (Wildman–Crippen MR) is 108 cm³/mol. The summed E-state index contributed by atoms with van der Waals surface area (Å²) < 4.78 is 11.3. The van der Waals surface area contributed by atoms with E-state index in [1.54, 1.807) is 19.5 Å². The molecule has 28 heavy (non-hydrogen) atoms. The Morgan fingerprint density at radius 2 is 1.82 bits per heavy atom. The molecule has 0 radical (unpaired) electrons. The predicted octanol–water partition coefficient (Wildman–Crippen LogP) is 3.78. The molecule has 2 heterocycles. The number of ether oxygens (including phenoxy) is 2. The largest absolute Gasteiger partial charge is 0.497 e. The lowest BCUT2D eigenvalue weighted by Crippen LogP contribution is -2.55. The van der Waals surface area contributed by atoms with Gasteiger partial charge in [-0.1, -0.05) is 26.0 Å². The monoisotopic (exact) mass is 383 g/mol. The number of urea groups is 1. The van der Waals surface area contributed by atoms with Crippen LogP contribution in [-0.2, 0) is 4.74 Å². The van der Waals surface area contributed by atoms with Crippen LogP contribution in [0.4, 0.5) is 4.79 Å². The van der Waals surface area contributed by atoms with Crippen LogP contribution in [0, 0.1) is 0 Å². The minimum absolute atomic E-state index is 0.0767. The van der Waals surface area contributed by atoms with Crippen molar-refractivity contribution in [1.82, 2.24) is 15.2 Å². The number of hydrogen-bond acceptors (Lipinski definition) is 4. The van der Waals surface area contributed by atoms with Gasteiger partial charge in [-0.25, -0.2) is 4.79 Å². The molecule has 0 spiro atoms. The first-order chi connectivity index (χ1) is 13.6. The van der Waals surface area contributed by atoms with E-state index < -0.39 is 0 Å². The zero-order valence-corrected chi connectivity index (χ0v) is 16.9. The van der Waals surface area contributed by atoms with Gasteiger partial charge < -0.3 is 19.7 Å². The zero-order valence-electron chi connectivity index (χ0n) is 16.9. The van der Waals surface area contributed by atoms with Gasteiger partial charge in [-0.15, -0.1) is 0 Å². The van der Waals surface area contributed by atoms with Gasteiger partial charge in [-0.05, 0) is 48.2 Å². The highest BCUT2D eigenvalue weighted by atomic mass is 16.5. The fraction of sp³-hybridized carbons (Fsp3) is 0.455. The molecule has 1 N–H and O–H groups in total. The van der Waals surface area contributed by atoms with E-state index in [0.29, 0.717) is 19.7 Å². The average Bonchev–Trinajstić information content (AvgIpc) is 2.78. The van der Waals surface area contributed by atoms with Gasteiger partial charge >= 0.3 is 6.03 Å². The fourth-order valence-electron chi connectivity index (χ4n) is 3.62. The van der Waals surface area contributed by atoms with E-state index in [1.807, 2.05) is 41.3 Å². The van der Waals surface area contributed by atoms with Gasteiger partial charge in [0, 0.05) is 18.9 Å². The Morgan fingerprint density at radius 3 is 2.43 bits per heavy atom. The SMILES string of the molecule is CCC1(CC)CN(C(=O)N[C@@H](c2ccncc2)c2ccc(OC)cc2)CCO1. The summed E-state index contributed by atoms with van der Waals surface area (Å²) in [5.41, 5.74) is 1.73. The highest BCUT2D eigenvalue weighted by Crippen LogP contribution is 2.27. The molecule has 0 aliphatic carbocycles. The van der Waals surface area contributed by atoms with Crippen LogP contribution in [0.1, 0.15) is 43.9 Å². The number of aromatic nitrogens is 1. The minimum atomic E-state index is -0.262. The summed E-state index contributed by atoms with van der Waals surface area (Å²) in [4.78, 5) is 19.1. The minimum Gasteiger partial charge on any atom is -0.497 e. The maximum Gasteiger partial charge on any atom is 0.318 e. The summed E-state index contributed by atoms with van der Waals surface area (Å²) in [7, 11) is 1.64. The highest BCUT2D eigenvalue weighted by Gasteiger charge is 2.36. The molecule has 1 aliphatic heterocycles. The first-order valence-electron chi connectivity index (χ1n) is 9.84. The van der Waals surface area contributed by atoms with Crippen molar-refractivity contribution in [1.29, 1.82) is 0 Å². The van der Waals surface area contributed by atoms with Crippen LogP contribution in [0.15, 0.2) is 48.8 Å². The quantitative estimate of drug-likeness (QED) is 0.825. The summed E-state index contributed by atoms with van der Waals surface area (Å²) in [5.74, 6) is 0.785. The lowest BCUT2D eigenvalue weighted by atomic mass is 9.95. The van der Waals surface area contributed by atoms with Crippen LogP contribution in [-0.4, -0.2) is 48.3 Å². The maximum absolute atomic E-state index is 13.1. The van der Waals surface area contributed by atoms with Crippen molar-refractivity contribution in [3.63, 3.8) is 0 Å². The molecule has 0 unspecified atom stereocenters. The molecule has 6 nitrogen and oxygen atoms in total. The van der Waals surface area contributed by atoms with Gasteiger partial charge in [0.2, 0.25) is 0 Å². The van der Waals surface area contributed by atoms with E-state index in [9.17, 15) is 4.79 Å².